The minimum Gasteiger partial charge on any atom is -0.507 e. The number of aryl methyl sites for hydroxylation is 2. The Bertz CT molecular complexity index is 1020. The molecule has 186 valence electrons. The van der Waals surface area contributed by atoms with Gasteiger partial charge in [-0.3, -0.25) is 4.79 Å². The van der Waals surface area contributed by atoms with Crippen LogP contribution in [-0.2, 0) is 22.0 Å². The number of phenols is 1. The van der Waals surface area contributed by atoms with E-state index in [4.69, 9.17) is 4.74 Å². The molecule has 34 heavy (non-hydrogen) atoms. The fraction of sp³-hybridized carbons (Fsp3) is 0.500. The second-order valence-corrected chi connectivity index (χ2v) is 11.3. The zero-order chi connectivity index (χ0) is 25.7. The monoisotopic (exact) mass is 465 g/mol. The third kappa shape index (κ3) is 7.38. The molecule has 1 amide bonds. The van der Waals surface area contributed by atoms with E-state index in [1.165, 1.54) is 17.2 Å². The molecule has 0 fully saturated rings. The van der Waals surface area contributed by atoms with Crippen molar-refractivity contribution in [2.75, 3.05) is 13.2 Å². The van der Waals surface area contributed by atoms with Crippen molar-refractivity contribution in [1.29, 1.82) is 0 Å². The first kappa shape index (κ1) is 27.5. The van der Waals surface area contributed by atoms with E-state index < -0.39 is 0 Å². The van der Waals surface area contributed by atoms with Crippen molar-refractivity contribution in [2.45, 2.75) is 85.5 Å². The van der Waals surface area contributed by atoms with Gasteiger partial charge in [0.25, 0.3) is 0 Å². The third-order valence-electron chi connectivity index (χ3n) is 5.94. The molecule has 0 radical (unpaired) electrons. The molecule has 0 unspecified atom stereocenters. The zero-order valence-electron chi connectivity index (χ0n) is 22.4. The van der Waals surface area contributed by atoms with Crippen molar-refractivity contribution >= 4 is 5.91 Å². The average molecular weight is 466 g/mol. The quantitative estimate of drug-likeness (QED) is 0.322. The van der Waals surface area contributed by atoms with Crippen molar-refractivity contribution in [2.24, 2.45) is 0 Å². The predicted molar refractivity (Wildman–Crippen MR) is 142 cm³/mol. The number of benzene rings is 2. The summed E-state index contributed by atoms with van der Waals surface area (Å²) >= 11 is 0. The Labute approximate surface area is 206 Å². The smallest absolute Gasteiger partial charge is 0.243 e. The normalized spacial score (nSPS) is 11.9. The number of phenolic OH excluding ortho intramolecular Hbond substituents is 1. The van der Waals surface area contributed by atoms with Crippen LogP contribution in [0.25, 0.3) is 0 Å². The minimum atomic E-state index is -0.149. The average Bonchev–Trinajstić information content (AvgIpc) is 2.72. The van der Waals surface area contributed by atoms with Crippen LogP contribution in [0.1, 0.15) is 87.8 Å². The van der Waals surface area contributed by atoms with Gasteiger partial charge in [0.05, 0.1) is 6.61 Å². The van der Waals surface area contributed by atoms with Gasteiger partial charge in [-0.15, -0.1) is 0 Å². The number of ether oxygens (including phenoxy) is 1. The molecule has 0 saturated heterocycles. The Balaban J connectivity index is 2.37. The molecule has 2 N–H and O–H groups in total. The summed E-state index contributed by atoms with van der Waals surface area (Å²) in [6.07, 6.45) is 3.56. The summed E-state index contributed by atoms with van der Waals surface area (Å²) in [5, 5.41) is 14.0. The molecule has 0 aliphatic rings. The molecule has 0 spiro atoms. The van der Waals surface area contributed by atoms with Crippen molar-refractivity contribution in [3.8, 4) is 11.5 Å². The van der Waals surface area contributed by atoms with Gasteiger partial charge in [0.15, 0.2) is 0 Å². The van der Waals surface area contributed by atoms with Crippen LogP contribution in [0.2, 0.25) is 0 Å². The first-order chi connectivity index (χ1) is 15.7. The van der Waals surface area contributed by atoms with E-state index >= 15 is 0 Å². The molecular formula is C30H43NO3. The Morgan fingerprint density at radius 1 is 0.941 bits per heavy atom. The SMILES string of the molecule is C=CC(=O)NCCCCOc1c(Cc2cc(C)cc(C(C)(C)C)c2O)cc(C)cc1C(C)(C)C. The van der Waals surface area contributed by atoms with Gasteiger partial charge >= 0.3 is 0 Å². The lowest BCUT2D eigenvalue weighted by atomic mass is 9.81. The molecule has 4 nitrogen and oxygen atoms in total. The minimum absolute atomic E-state index is 0.0841. The van der Waals surface area contributed by atoms with Crippen LogP contribution in [0, 0.1) is 13.8 Å². The number of nitrogens with one attached hydrogen (secondary N) is 1. The van der Waals surface area contributed by atoms with Crippen molar-refractivity contribution < 1.29 is 14.6 Å². The summed E-state index contributed by atoms with van der Waals surface area (Å²) in [5.74, 6) is 1.14. The Morgan fingerprint density at radius 3 is 2.06 bits per heavy atom. The van der Waals surface area contributed by atoms with Crippen LogP contribution >= 0.6 is 0 Å². The molecule has 0 aromatic heterocycles. The van der Waals surface area contributed by atoms with E-state index in [1.54, 1.807) is 0 Å². The number of aromatic hydroxyl groups is 1. The largest absolute Gasteiger partial charge is 0.507 e. The number of rotatable bonds is 9. The van der Waals surface area contributed by atoms with Gasteiger partial charge in [-0.2, -0.15) is 0 Å². The van der Waals surface area contributed by atoms with Crippen molar-refractivity contribution in [1.82, 2.24) is 5.32 Å². The summed E-state index contributed by atoms with van der Waals surface area (Å²) in [6.45, 7) is 21.8. The first-order valence-electron chi connectivity index (χ1n) is 12.2. The highest BCUT2D eigenvalue weighted by atomic mass is 16.5. The summed E-state index contributed by atoms with van der Waals surface area (Å²) in [5.41, 5.74) is 6.25. The fourth-order valence-electron chi connectivity index (χ4n) is 4.16. The number of hydrogen-bond donors (Lipinski definition) is 2. The highest BCUT2D eigenvalue weighted by Gasteiger charge is 2.25. The number of amides is 1. The molecule has 2 aromatic carbocycles. The lowest BCUT2D eigenvalue weighted by Gasteiger charge is -2.27. The Morgan fingerprint density at radius 2 is 1.50 bits per heavy atom. The van der Waals surface area contributed by atoms with E-state index in [2.05, 4.69) is 91.6 Å². The summed E-state index contributed by atoms with van der Waals surface area (Å²) < 4.78 is 6.41. The summed E-state index contributed by atoms with van der Waals surface area (Å²) in [4.78, 5) is 11.3. The number of hydrogen-bond acceptors (Lipinski definition) is 3. The molecule has 0 aliphatic heterocycles. The standard InChI is InChI=1S/C30H43NO3/c1-10-26(32)31-13-11-12-14-34-28-23(16-21(3)18-25(28)30(7,8)9)19-22-15-20(2)17-24(27(22)33)29(4,5)6/h10,15-18,33H,1,11-14,19H2,2-9H3,(H,31,32). The van der Waals surface area contributed by atoms with Gasteiger partial charge in [-0.1, -0.05) is 83.5 Å². The van der Waals surface area contributed by atoms with Gasteiger partial charge in [0.1, 0.15) is 11.5 Å². The summed E-state index contributed by atoms with van der Waals surface area (Å²) in [6, 6.07) is 8.54. The second-order valence-electron chi connectivity index (χ2n) is 11.3. The van der Waals surface area contributed by atoms with E-state index in [0.29, 0.717) is 25.3 Å². The molecular weight excluding hydrogens is 422 g/mol. The summed E-state index contributed by atoms with van der Waals surface area (Å²) in [7, 11) is 0. The van der Waals surface area contributed by atoms with Crippen molar-refractivity contribution in [3.63, 3.8) is 0 Å². The maximum Gasteiger partial charge on any atom is 0.243 e. The van der Waals surface area contributed by atoms with E-state index in [1.807, 2.05) is 0 Å². The van der Waals surface area contributed by atoms with Gasteiger partial charge in [0.2, 0.25) is 5.91 Å². The van der Waals surface area contributed by atoms with Crippen LogP contribution in [0.3, 0.4) is 0 Å². The Kier molecular flexibility index (Phi) is 8.99. The maximum absolute atomic E-state index is 11.3. The Hall–Kier alpha value is -2.75. The molecule has 0 heterocycles. The third-order valence-corrected chi connectivity index (χ3v) is 5.94. The van der Waals surface area contributed by atoms with Crippen LogP contribution < -0.4 is 10.1 Å². The fourth-order valence-corrected chi connectivity index (χ4v) is 4.16. The molecule has 4 heteroatoms. The van der Waals surface area contributed by atoms with Gasteiger partial charge < -0.3 is 15.2 Å². The van der Waals surface area contributed by atoms with Crippen LogP contribution in [0.5, 0.6) is 11.5 Å². The van der Waals surface area contributed by atoms with Crippen LogP contribution in [0.15, 0.2) is 36.9 Å². The lowest BCUT2D eigenvalue weighted by Crippen LogP contribution is -2.22. The second kappa shape index (κ2) is 11.1. The molecule has 0 saturated carbocycles. The first-order valence-corrected chi connectivity index (χ1v) is 12.2. The van der Waals surface area contributed by atoms with Crippen molar-refractivity contribution in [3.05, 3.63) is 70.3 Å². The predicted octanol–water partition coefficient (Wildman–Crippen LogP) is 6.66. The van der Waals surface area contributed by atoms with Crippen LogP contribution in [0.4, 0.5) is 0 Å². The lowest BCUT2D eigenvalue weighted by molar-refractivity contribution is -0.116. The van der Waals surface area contributed by atoms with Crippen LogP contribution in [-0.4, -0.2) is 24.2 Å². The molecule has 2 rings (SSSR count). The van der Waals surface area contributed by atoms with Gasteiger partial charge in [-0.25, -0.2) is 0 Å². The van der Waals surface area contributed by atoms with E-state index in [-0.39, 0.29) is 16.7 Å². The highest BCUT2D eigenvalue weighted by Crippen LogP contribution is 2.40. The number of carbonyl (C=O) groups is 1. The van der Waals surface area contributed by atoms with E-state index in [0.717, 1.165) is 40.8 Å². The number of carbonyl (C=O) groups excluding carboxylic acids is 1. The molecule has 0 atom stereocenters. The van der Waals surface area contributed by atoms with Gasteiger partial charge in [0, 0.05) is 18.5 Å². The molecule has 0 bridgehead atoms. The highest BCUT2D eigenvalue weighted by molar-refractivity contribution is 5.86. The molecule has 2 aromatic rings. The topological polar surface area (TPSA) is 58.6 Å². The zero-order valence-corrected chi connectivity index (χ0v) is 22.4. The maximum atomic E-state index is 11.3. The van der Waals surface area contributed by atoms with Gasteiger partial charge in [-0.05, 0) is 60.3 Å². The molecule has 0 aliphatic carbocycles. The van der Waals surface area contributed by atoms with E-state index in [9.17, 15) is 9.90 Å². The number of unbranched alkanes of at least 4 members (excludes halogenated alkanes) is 1.